The van der Waals surface area contributed by atoms with Gasteiger partial charge < -0.3 is 9.38 Å². The fourth-order valence-electron chi connectivity index (χ4n) is 3.67. The third kappa shape index (κ3) is 1.16. The van der Waals surface area contributed by atoms with Gasteiger partial charge in [0.1, 0.15) is 52.4 Å². The second-order valence-electron chi connectivity index (χ2n) is 6.20. The first-order chi connectivity index (χ1) is 6.62. The monoisotopic (exact) mass is 198 g/mol. The van der Waals surface area contributed by atoms with Crippen molar-refractivity contribution in [3.05, 3.63) is 0 Å². The first-order valence-corrected chi connectivity index (χ1v) is 6.13. The van der Waals surface area contributed by atoms with Gasteiger partial charge in [-0.2, -0.15) is 0 Å². The zero-order chi connectivity index (χ0) is 9.81. The van der Waals surface area contributed by atoms with Crippen molar-refractivity contribution in [2.24, 2.45) is 0 Å². The van der Waals surface area contributed by atoms with Crippen molar-refractivity contribution >= 4 is 0 Å². The van der Waals surface area contributed by atoms with Gasteiger partial charge in [0.15, 0.2) is 6.04 Å². The molecule has 14 heavy (non-hydrogen) atoms. The third-order valence-corrected chi connectivity index (χ3v) is 5.20. The van der Waals surface area contributed by atoms with Crippen LogP contribution in [0.15, 0.2) is 0 Å². The number of hydrogen-bond donors (Lipinski definition) is 1. The topological polar surface area (TPSA) is 4.44 Å². The third-order valence-electron chi connectivity index (χ3n) is 5.20. The minimum atomic E-state index is 1.02. The molecule has 0 unspecified atom stereocenters. The molecule has 0 aromatic heterocycles. The smallest absolute Gasteiger partial charge is 0.188 e. The molecule has 3 nitrogen and oxygen atoms in total. The van der Waals surface area contributed by atoms with Crippen LogP contribution in [-0.4, -0.2) is 81.5 Å². The fourth-order valence-corrected chi connectivity index (χ4v) is 3.67. The molecule has 4 rings (SSSR count). The number of piperazine rings is 3. The maximum Gasteiger partial charge on any atom is 0.188 e. The molecule has 0 radical (unpaired) electrons. The second-order valence-corrected chi connectivity index (χ2v) is 6.20. The van der Waals surface area contributed by atoms with Crippen LogP contribution in [-0.2, 0) is 0 Å². The highest BCUT2D eigenvalue weighted by Gasteiger charge is 2.55. The maximum absolute atomic E-state index is 2.45. The molecule has 0 amide bonds. The molecule has 0 spiro atoms. The molecule has 4 aliphatic heterocycles. The van der Waals surface area contributed by atoms with Crippen molar-refractivity contribution in [2.75, 3.05) is 66.5 Å². The van der Waals surface area contributed by atoms with Gasteiger partial charge in [0.05, 0.1) is 14.1 Å². The van der Waals surface area contributed by atoms with Gasteiger partial charge in [0.2, 0.25) is 0 Å². The Morgan fingerprint density at radius 2 is 1.43 bits per heavy atom. The van der Waals surface area contributed by atoms with E-state index in [0.29, 0.717) is 0 Å². The fraction of sp³-hybridized carbons (Fsp3) is 1.00. The molecule has 1 N–H and O–H groups in total. The van der Waals surface area contributed by atoms with E-state index < -0.39 is 0 Å². The normalized spacial score (nSPS) is 57.0. The molecule has 0 atom stereocenters. The molecular formula is C11H24N3+3. The lowest BCUT2D eigenvalue weighted by atomic mass is 9.98. The quantitative estimate of drug-likeness (QED) is 0.473. The van der Waals surface area contributed by atoms with Crippen LogP contribution in [0.3, 0.4) is 0 Å². The highest BCUT2D eigenvalue weighted by atomic mass is 15.5. The van der Waals surface area contributed by atoms with Gasteiger partial charge in [0.25, 0.3) is 0 Å². The molecule has 4 fully saturated rings. The lowest BCUT2D eigenvalue weighted by Gasteiger charge is -2.58. The zero-order valence-corrected chi connectivity index (χ0v) is 9.63. The second kappa shape index (κ2) is 2.71. The summed E-state index contributed by atoms with van der Waals surface area (Å²) >= 11 is 0. The number of hydrogen-bond acceptors (Lipinski definition) is 0. The van der Waals surface area contributed by atoms with Crippen molar-refractivity contribution in [1.29, 1.82) is 0 Å². The summed E-state index contributed by atoms with van der Waals surface area (Å²) < 4.78 is 2.86. The highest BCUT2D eigenvalue weighted by molar-refractivity contribution is 4.70. The van der Waals surface area contributed by atoms with Crippen LogP contribution in [0, 0.1) is 0 Å². The summed E-state index contributed by atoms with van der Waals surface area (Å²) in [6.45, 7) is 11.6. The standard InChI is InChI=1S/C11H23N3/c1-12-9-11(10-12)14-6-3-13(2,4-7-14)5-8-14/h11H,3-10H2,1-2H3/q+2/p+1. The highest BCUT2D eigenvalue weighted by Crippen LogP contribution is 2.27. The van der Waals surface area contributed by atoms with E-state index in [0.717, 1.165) is 6.04 Å². The molecular weight excluding hydrogens is 174 g/mol. The molecule has 4 heterocycles. The Hall–Kier alpha value is -0.120. The number of fused-ring (bicyclic) bond motifs is 3. The Morgan fingerprint density at radius 3 is 1.86 bits per heavy atom. The van der Waals surface area contributed by atoms with Crippen molar-refractivity contribution in [2.45, 2.75) is 6.04 Å². The number of nitrogens with zero attached hydrogens (tertiary/aromatic N) is 2. The minimum Gasteiger partial charge on any atom is -0.327 e. The summed E-state index contributed by atoms with van der Waals surface area (Å²) in [5.41, 5.74) is 0. The summed E-state index contributed by atoms with van der Waals surface area (Å²) in [7, 11) is 4.79. The van der Waals surface area contributed by atoms with E-state index in [9.17, 15) is 0 Å². The molecule has 2 bridgehead atoms. The first-order valence-electron chi connectivity index (χ1n) is 6.13. The Balaban J connectivity index is 1.73. The van der Waals surface area contributed by atoms with Gasteiger partial charge in [-0.15, -0.1) is 0 Å². The molecule has 4 saturated heterocycles. The van der Waals surface area contributed by atoms with E-state index >= 15 is 0 Å². The number of nitrogens with one attached hydrogen (secondary N) is 1. The average Bonchev–Trinajstić information content (AvgIpc) is 2.15. The van der Waals surface area contributed by atoms with Crippen LogP contribution < -0.4 is 4.90 Å². The minimum absolute atomic E-state index is 1.02. The van der Waals surface area contributed by atoms with Crippen LogP contribution in [0.5, 0.6) is 0 Å². The van der Waals surface area contributed by atoms with Crippen molar-refractivity contribution in [1.82, 2.24) is 0 Å². The first kappa shape index (κ1) is 9.13. The van der Waals surface area contributed by atoms with E-state index in [4.69, 9.17) is 0 Å². The number of likely N-dealkylation sites (N-methyl/N-ethyl adjacent to an activating group) is 2. The van der Waals surface area contributed by atoms with Crippen LogP contribution in [0.1, 0.15) is 0 Å². The predicted octanol–water partition coefficient (Wildman–Crippen LogP) is -1.83. The van der Waals surface area contributed by atoms with E-state index in [-0.39, 0.29) is 0 Å². The molecule has 0 saturated carbocycles. The van der Waals surface area contributed by atoms with Crippen LogP contribution in [0.25, 0.3) is 0 Å². The average molecular weight is 198 g/mol. The van der Waals surface area contributed by atoms with Crippen molar-refractivity contribution in [3.63, 3.8) is 0 Å². The Labute approximate surface area is 87.1 Å². The molecule has 0 aromatic carbocycles. The zero-order valence-electron chi connectivity index (χ0n) is 9.63. The van der Waals surface area contributed by atoms with E-state index in [2.05, 4.69) is 14.1 Å². The summed E-state index contributed by atoms with van der Waals surface area (Å²) in [5, 5.41) is 0. The van der Waals surface area contributed by atoms with Crippen LogP contribution in [0.4, 0.5) is 0 Å². The Morgan fingerprint density at radius 1 is 0.929 bits per heavy atom. The Bertz CT molecular complexity index is 220. The predicted molar refractivity (Wildman–Crippen MR) is 56.1 cm³/mol. The summed E-state index contributed by atoms with van der Waals surface area (Å²) in [6.07, 6.45) is 0. The summed E-state index contributed by atoms with van der Waals surface area (Å²) in [5.74, 6) is 0. The van der Waals surface area contributed by atoms with Crippen molar-refractivity contribution in [3.8, 4) is 0 Å². The van der Waals surface area contributed by atoms with Crippen LogP contribution >= 0.6 is 0 Å². The Kier molecular flexibility index (Phi) is 1.77. The lowest BCUT2D eigenvalue weighted by Crippen LogP contribution is -3.21. The molecule has 0 aliphatic carbocycles. The van der Waals surface area contributed by atoms with E-state index in [1.54, 1.807) is 4.90 Å². The van der Waals surface area contributed by atoms with Gasteiger partial charge >= 0.3 is 0 Å². The SMILES string of the molecule is C[NH+]1CC([N+]23CC[N+](C)(CC2)CC3)C1. The molecule has 80 valence electrons. The number of rotatable bonds is 1. The van der Waals surface area contributed by atoms with Crippen molar-refractivity contribution < 1.29 is 13.9 Å². The number of likely N-dealkylation sites (tertiary alicyclic amines) is 1. The maximum atomic E-state index is 2.45. The van der Waals surface area contributed by atoms with Gasteiger partial charge in [-0.05, 0) is 0 Å². The van der Waals surface area contributed by atoms with E-state index in [1.165, 1.54) is 61.3 Å². The molecule has 3 heteroatoms. The summed E-state index contributed by atoms with van der Waals surface area (Å²) in [4.78, 5) is 1.75. The van der Waals surface area contributed by atoms with Gasteiger partial charge in [-0.3, -0.25) is 4.48 Å². The lowest BCUT2D eigenvalue weighted by molar-refractivity contribution is -1.12. The molecule has 4 aliphatic rings. The number of quaternary nitrogens is 3. The largest absolute Gasteiger partial charge is 0.327 e. The van der Waals surface area contributed by atoms with Gasteiger partial charge in [-0.1, -0.05) is 0 Å². The van der Waals surface area contributed by atoms with Gasteiger partial charge in [0, 0.05) is 0 Å². The van der Waals surface area contributed by atoms with Crippen LogP contribution in [0.2, 0.25) is 0 Å². The van der Waals surface area contributed by atoms with E-state index in [1.807, 2.05) is 0 Å². The summed E-state index contributed by atoms with van der Waals surface area (Å²) in [6, 6.07) is 1.02. The van der Waals surface area contributed by atoms with Gasteiger partial charge in [-0.25, -0.2) is 0 Å². The molecule has 0 aromatic rings.